The van der Waals surface area contributed by atoms with Crippen molar-refractivity contribution < 1.29 is 28.2 Å². The fourth-order valence-electron chi connectivity index (χ4n) is 5.86. The highest BCUT2D eigenvalue weighted by molar-refractivity contribution is 6.31. The van der Waals surface area contributed by atoms with Crippen LogP contribution in [0.1, 0.15) is 69.8 Å². The van der Waals surface area contributed by atoms with Crippen LogP contribution in [0.5, 0.6) is 0 Å². The summed E-state index contributed by atoms with van der Waals surface area (Å²) in [5.41, 5.74) is 4.44. The third kappa shape index (κ3) is 7.93. The van der Waals surface area contributed by atoms with Gasteiger partial charge in [0.05, 0.1) is 12.7 Å². The molecule has 0 spiro atoms. The maximum Gasteiger partial charge on any atom is 0.406 e. The van der Waals surface area contributed by atoms with E-state index in [1.165, 1.54) is 45.3 Å². The lowest BCUT2D eigenvalue weighted by Gasteiger charge is -2.43. The molecule has 1 aliphatic heterocycles. The van der Waals surface area contributed by atoms with Crippen molar-refractivity contribution >= 4 is 23.7 Å². The Bertz CT molecular complexity index is 950. The van der Waals surface area contributed by atoms with Crippen molar-refractivity contribution in [1.29, 1.82) is 0 Å². The summed E-state index contributed by atoms with van der Waals surface area (Å²) >= 11 is 5.85. The molecular formula is C27H41ClF2N4O4. The molecule has 1 saturated carbocycles. The van der Waals surface area contributed by atoms with Gasteiger partial charge in [-0.05, 0) is 44.1 Å². The molecule has 0 bridgehead atoms. The number of likely N-dealkylation sites (tertiary alicyclic amines) is 1. The SMILES string of the molecule is COC(=O)NCCC[C@@](O)(c1ccc(F)c(Cl)c1F)[C@@H]1CCCN(C(=O)NC[C@@H](N)CC2CCCCC2)C1. The average molecular weight is 559 g/mol. The summed E-state index contributed by atoms with van der Waals surface area (Å²) in [4.78, 5) is 26.0. The van der Waals surface area contributed by atoms with E-state index < -0.39 is 34.3 Å². The molecule has 3 amide bonds. The molecule has 1 heterocycles. The number of amides is 3. The van der Waals surface area contributed by atoms with Crippen molar-refractivity contribution in [3.8, 4) is 0 Å². The van der Waals surface area contributed by atoms with Crippen molar-refractivity contribution in [1.82, 2.24) is 15.5 Å². The first-order chi connectivity index (χ1) is 18.2. The third-order valence-corrected chi connectivity index (χ3v) is 8.30. The molecule has 11 heteroatoms. The van der Waals surface area contributed by atoms with Crippen molar-refractivity contribution in [2.75, 3.05) is 33.3 Å². The first-order valence-electron chi connectivity index (χ1n) is 13.6. The van der Waals surface area contributed by atoms with Crippen LogP contribution in [0.2, 0.25) is 5.02 Å². The van der Waals surface area contributed by atoms with Crippen molar-refractivity contribution in [3.05, 3.63) is 34.4 Å². The maximum atomic E-state index is 15.1. The number of alkyl carbamates (subject to hydrolysis) is 1. The van der Waals surface area contributed by atoms with E-state index in [-0.39, 0.29) is 37.1 Å². The monoisotopic (exact) mass is 558 g/mol. The highest BCUT2D eigenvalue weighted by Gasteiger charge is 2.43. The number of nitrogens with one attached hydrogen (secondary N) is 2. The molecule has 214 valence electrons. The van der Waals surface area contributed by atoms with Gasteiger partial charge in [0, 0.05) is 43.7 Å². The molecule has 0 unspecified atom stereocenters. The summed E-state index contributed by atoms with van der Waals surface area (Å²) in [5.74, 6) is -1.87. The molecule has 1 aliphatic carbocycles. The standard InChI is InChI=1S/C27H41ClF2N4O4/c1-38-26(36)32-13-6-12-27(37,21-10-11-22(29)23(28)24(21)30)19-9-5-14-34(17-19)25(35)33-16-20(31)15-18-7-3-2-4-8-18/h10-11,18-20,37H,2-9,12-17,31H2,1H3,(H,32,36)(H,33,35)/t19-,20+,27+/m1/s1. The van der Waals surface area contributed by atoms with Crippen LogP contribution >= 0.6 is 11.6 Å². The quantitative estimate of drug-likeness (QED) is 0.246. The minimum atomic E-state index is -1.74. The van der Waals surface area contributed by atoms with Gasteiger partial charge in [0.1, 0.15) is 10.8 Å². The molecule has 3 atom stereocenters. The number of hydrogen-bond donors (Lipinski definition) is 4. The summed E-state index contributed by atoms with van der Waals surface area (Å²) in [6, 6.07) is 1.82. The van der Waals surface area contributed by atoms with Crippen molar-refractivity contribution in [3.63, 3.8) is 0 Å². The van der Waals surface area contributed by atoms with E-state index in [2.05, 4.69) is 15.4 Å². The number of carbonyl (C=O) groups is 2. The minimum absolute atomic E-state index is 0.0578. The Morgan fingerprint density at radius 1 is 1.21 bits per heavy atom. The van der Waals surface area contributed by atoms with Crippen LogP contribution in [0.25, 0.3) is 0 Å². The summed E-state index contributed by atoms with van der Waals surface area (Å²) in [6.45, 7) is 1.22. The van der Waals surface area contributed by atoms with E-state index in [1.54, 1.807) is 4.90 Å². The molecule has 8 nitrogen and oxygen atoms in total. The predicted molar refractivity (Wildman–Crippen MR) is 142 cm³/mol. The number of ether oxygens (including phenoxy) is 1. The third-order valence-electron chi connectivity index (χ3n) is 7.95. The molecule has 3 rings (SSSR count). The van der Waals surface area contributed by atoms with Crippen molar-refractivity contribution in [2.45, 2.75) is 75.9 Å². The van der Waals surface area contributed by atoms with Crippen LogP contribution in [0.4, 0.5) is 18.4 Å². The van der Waals surface area contributed by atoms with Gasteiger partial charge in [-0.1, -0.05) is 49.8 Å². The fraction of sp³-hybridized carbons (Fsp3) is 0.704. The van der Waals surface area contributed by atoms with Gasteiger partial charge in [0.2, 0.25) is 0 Å². The molecule has 2 aliphatic rings. The zero-order chi connectivity index (χ0) is 27.7. The Morgan fingerprint density at radius 3 is 2.66 bits per heavy atom. The number of halogens is 3. The minimum Gasteiger partial charge on any atom is -0.453 e. The molecule has 38 heavy (non-hydrogen) atoms. The van der Waals surface area contributed by atoms with E-state index in [4.69, 9.17) is 17.3 Å². The second-order valence-electron chi connectivity index (χ2n) is 10.6. The number of hydrogen-bond acceptors (Lipinski definition) is 5. The molecule has 1 aromatic carbocycles. The Balaban J connectivity index is 1.67. The lowest BCUT2D eigenvalue weighted by Crippen LogP contribution is -2.52. The van der Waals surface area contributed by atoms with Crippen molar-refractivity contribution in [2.24, 2.45) is 17.6 Å². The number of methoxy groups -OCH3 is 1. The lowest BCUT2D eigenvalue weighted by atomic mass is 9.74. The average Bonchev–Trinajstić information content (AvgIpc) is 2.93. The second-order valence-corrected chi connectivity index (χ2v) is 11.0. The summed E-state index contributed by atoms with van der Waals surface area (Å²) in [6.07, 6.45) is 7.87. The fourth-order valence-corrected chi connectivity index (χ4v) is 6.02. The van der Waals surface area contributed by atoms with E-state index in [9.17, 15) is 19.1 Å². The van der Waals surface area contributed by atoms with E-state index in [0.29, 0.717) is 38.3 Å². The number of urea groups is 1. The zero-order valence-corrected chi connectivity index (χ0v) is 22.9. The van der Waals surface area contributed by atoms with Gasteiger partial charge in [-0.3, -0.25) is 0 Å². The number of aliphatic hydroxyl groups is 1. The normalized spacial score (nSPS) is 20.9. The largest absolute Gasteiger partial charge is 0.453 e. The number of nitrogens with two attached hydrogens (primary N) is 1. The Hall–Kier alpha value is -2.17. The Morgan fingerprint density at radius 2 is 1.95 bits per heavy atom. The summed E-state index contributed by atoms with van der Waals surface area (Å²) < 4.78 is 33.6. The van der Waals surface area contributed by atoms with Crippen LogP contribution in [-0.4, -0.2) is 61.5 Å². The van der Waals surface area contributed by atoms with Crippen LogP contribution in [0, 0.1) is 23.5 Å². The van der Waals surface area contributed by atoms with Gasteiger partial charge in [0.25, 0.3) is 0 Å². The Labute approximate surface area is 228 Å². The van der Waals surface area contributed by atoms with E-state index in [1.807, 2.05) is 0 Å². The second kappa shape index (κ2) is 14.3. The predicted octanol–water partition coefficient (Wildman–Crippen LogP) is 4.66. The highest BCUT2D eigenvalue weighted by atomic mass is 35.5. The molecule has 5 N–H and O–H groups in total. The first-order valence-corrected chi connectivity index (χ1v) is 14.0. The first kappa shape index (κ1) is 30.4. The molecule has 2 fully saturated rings. The van der Waals surface area contributed by atoms with Crippen LogP contribution in [-0.2, 0) is 10.3 Å². The van der Waals surface area contributed by atoms with Gasteiger partial charge < -0.3 is 31.1 Å². The molecule has 1 saturated heterocycles. The molecular weight excluding hydrogens is 518 g/mol. The molecule has 1 aromatic rings. The van der Waals surface area contributed by atoms with E-state index in [0.717, 1.165) is 12.5 Å². The summed E-state index contributed by atoms with van der Waals surface area (Å²) in [5, 5.41) is 16.7. The number of nitrogens with zero attached hydrogens (tertiary/aromatic N) is 1. The topological polar surface area (TPSA) is 117 Å². The van der Waals surface area contributed by atoms with Gasteiger partial charge in [-0.25, -0.2) is 18.4 Å². The smallest absolute Gasteiger partial charge is 0.406 e. The number of benzene rings is 1. The zero-order valence-electron chi connectivity index (χ0n) is 22.1. The van der Waals surface area contributed by atoms with Gasteiger partial charge in [0.15, 0.2) is 5.82 Å². The molecule has 0 aromatic heterocycles. The van der Waals surface area contributed by atoms with Gasteiger partial charge >= 0.3 is 12.1 Å². The van der Waals surface area contributed by atoms with Crippen LogP contribution in [0.3, 0.4) is 0 Å². The number of rotatable bonds is 10. The highest BCUT2D eigenvalue weighted by Crippen LogP contribution is 2.42. The maximum absolute atomic E-state index is 15.1. The van der Waals surface area contributed by atoms with Gasteiger partial charge in [-0.15, -0.1) is 0 Å². The number of piperidine rings is 1. The Kier molecular flexibility index (Phi) is 11.4. The van der Waals surface area contributed by atoms with Crippen LogP contribution < -0.4 is 16.4 Å². The number of carbonyl (C=O) groups excluding carboxylic acids is 2. The summed E-state index contributed by atoms with van der Waals surface area (Å²) in [7, 11) is 1.24. The molecule has 0 radical (unpaired) electrons. The lowest BCUT2D eigenvalue weighted by molar-refractivity contribution is -0.0576. The van der Waals surface area contributed by atoms with Gasteiger partial charge in [-0.2, -0.15) is 0 Å². The van der Waals surface area contributed by atoms with Crippen LogP contribution in [0.15, 0.2) is 12.1 Å². The van der Waals surface area contributed by atoms with E-state index >= 15 is 4.39 Å².